The van der Waals surface area contributed by atoms with Crippen molar-refractivity contribution >= 4 is 11.8 Å². The number of nitrogens with two attached hydrogens (primary N) is 1. The van der Waals surface area contributed by atoms with Gasteiger partial charge in [0.15, 0.2) is 0 Å². The third-order valence-corrected chi connectivity index (χ3v) is 4.38. The highest BCUT2D eigenvalue weighted by Crippen LogP contribution is 2.25. The first kappa shape index (κ1) is 13.5. The van der Waals surface area contributed by atoms with E-state index in [9.17, 15) is 4.39 Å². The van der Waals surface area contributed by atoms with Crippen molar-refractivity contribution in [3.8, 4) is 0 Å². The number of rotatable bonds is 5. The largest absolute Gasteiger partial charge is 0.326 e. The van der Waals surface area contributed by atoms with Gasteiger partial charge < -0.3 is 5.73 Å². The van der Waals surface area contributed by atoms with Crippen molar-refractivity contribution < 1.29 is 4.39 Å². The van der Waals surface area contributed by atoms with Gasteiger partial charge in [-0.3, -0.25) is 0 Å². The molecule has 0 saturated heterocycles. The maximum atomic E-state index is 13.1. The topological polar surface area (TPSA) is 26.0 Å². The van der Waals surface area contributed by atoms with Crippen LogP contribution in [0.15, 0.2) is 18.2 Å². The standard InChI is InChI=1S/C13H20FNS/c1-9(2)10(3)16-8-12-6-13(14)5-4-11(12)7-15/h4-6,9-10H,7-8,15H2,1-3H3. The first-order chi connectivity index (χ1) is 7.54. The Kier molecular flexibility index (Phi) is 5.29. The van der Waals surface area contributed by atoms with Crippen molar-refractivity contribution in [1.29, 1.82) is 0 Å². The van der Waals surface area contributed by atoms with Crippen molar-refractivity contribution in [3.63, 3.8) is 0 Å². The molecule has 0 aliphatic heterocycles. The van der Waals surface area contributed by atoms with Gasteiger partial charge >= 0.3 is 0 Å². The Labute approximate surface area is 102 Å². The second-order valence-electron chi connectivity index (χ2n) is 4.38. The molecule has 0 fully saturated rings. The second-order valence-corrected chi connectivity index (χ2v) is 5.74. The number of hydrogen-bond acceptors (Lipinski definition) is 2. The van der Waals surface area contributed by atoms with Crippen LogP contribution in [0.25, 0.3) is 0 Å². The van der Waals surface area contributed by atoms with Crippen LogP contribution in [0, 0.1) is 11.7 Å². The molecule has 90 valence electrons. The van der Waals surface area contributed by atoms with Gasteiger partial charge in [0, 0.05) is 17.5 Å². The molecule has 0 aliphatic carbocycles. The minimum absolute atomic E-state index is 0.176. The summed E-state index contributed by atoms with van der Waals surface area (Å²) in [6, 6.07) is 4.86. The van der Waals surface area contributed by atoms with Crippen LogP contribution in [0.5, 0.6) is 0 Å². The normalized spacial score (nSPS) is 13.1. The first-order valence-electron chi connectivity index (χ1n) is 5.63. The first-order valence-corrected chi connectivity index (χ1v) is 6.68. The van der Waals surface area contributed by atoms with E-state index in [0.29, 0.717) is 17.7 Å². The van der Waals surface area contributed by atoms with Crippen LogP contribution in [0.3, 0.4) is 0 Å². The SMILES string of the molecule is CC(C)C(C)SCc1cc(F)ccc1CN. The number of hydrogen-bond donors (Lipinski definition) is 1. The smallest absolute Gasteiger partial charge is 0.123 e. The highest BCUT2D eigenvalue weighted by Gasteiger charge is 2.09. The quantitative estimate of drug-likeness (QED) is 0.853. The van der Waals surface area contributed by atoms with E-state index in [1.54, 1.807) is 12.1 Å². The fourth-order valence-corrected chi connectivity index (χ4v) is 2.44. The molecule has 1 aromatic carbocycles. The molecule has 1 rings (SSSR count). The highest BCUT2D eigenvalue weighted by atomic mass is 32.2. The van der Waals surface area contributed by atoms with Gasteiger partial charge in [0.2, 0.25) is 0 Å². The van der Waals surface area contributed by atoms with E-state index in [1.165, 1.54) is 6.07 Å². The molecule has 0 bridgehead atoms. The molecule has 0 aliphatic rings. The molecule has 0 heterocycles. The lowest BCUT2D eigenvalue weighted by Crippen LogP contribution is -2.07. The van der Waals surface area contributed by atoms with Gasteiger partial charge in [0.05, 0.1) is 0 Å². The van der Waals surface area contributed by atoms with E-state index in [-0.39, 0.29) is 5.82 Å². The van der Waals surface area contributed by atoms with Crippen LogP contribution in [-0.2, 0) is 12.3 Å². The van der Waals surface area contributed by atoms with E-state index in [1.807, 2.05) is 11.8 Å². The molecule has 1 unspecified atom stereocenters. The average molecular weight is 241 g/mol. The maximum Gasteiger partial charge on any atom is 0.123 e. The van der Waals surface area contributed by atoms with Gasteiger partial charge in [-0.05, 0) is 29.2 Å². The van der Waals surface area contributed by atoms with Gasteiger partial charge in [-0.15, -0.1) is 0 Å². The summed E-state index contributed by atoms with van der Waals surface area (Å²) >= 11 is 1.85. The van der Waals surface area contributed by atoms with Crippen LogP contribution in [0.4, 0.5) is 4.39 Å². The zero-order valence-electron chi connectivity index (χ0n) is 10.2. The molecule has 0 spiro atoms. The maximum absolute atomic E-state index is 13.1. The molecule has 0 radical (unpaired) electrons. The summed E-state index contributed by atoms with van der Waals surface area (Å²) in [5.41, 5.74) is 7.71. The van der Waals surface area contributed by atoms with Gasteiger partial charge in [0.25, 0.3) is 0 Å². The van der Waals surface area contributed by atoms with Gasteiger partial charge in [-0.25, -0.2) is 4.39 Å². The van der Waals surface area contributed by atoms with E-state index >= 15 is 0 Å². The molecule has 0 amide bonds. The van der Waals surface area contributed by atoms with Crippen molar-refractivity contribution in [2.45, 2.75) is 38.3 Å². The predicted molar refractivity (Wildman–Crippen MR) is 69.9 cm³/mol. The van der Waals surface area contributed by atoms with E-state index < -0.39 is 0 Å². The lowest BCUT2D eigenvalue weighted by Gasteiger charge is -2.16. The van der Waals surface area contributed by atoms with Crippen molar-refractivity contribution in [2.24, 2.45) is 11.7 Å². The number of benzene rings is 1. The van der Waals surface area contributed by atoms with E-state index in [4.69, 9.17) is 5.73 Å². The van der Waals surface area contributed by atoms with Crippen LogP contribution >= 0.6 is 11.8 Å². The molecular formula is C13H20FNS. The van der Waals surface area contributed by atoms with Crippen molar-refractivity contribution in [2.75, 3.05) is 0 Å². The summed E-state index contributed by atoms with van der Waals surface area (Å²) in [5, 5.41) is 0.578. The van der Waals surface area contributed by atoms with Crippen LogP contribution < -0.4 is 5.73 Å². The summed E-state index contributed by atoms with van der Waals surface area (Å²) in [6.45, 7) is 7.09. The monoisotopic (exact) mass is 241 g/mol. The van der Waals surface area contributed by atoms with Gasteiger partial charge in [-0.1, -0.05) is 26.8 Å². The lowest BCUT2D eigenvalue weighted by atomic mass is 10.1. The van der Waals surface area contributed by atoms with E-state index in [2.05, 4.69) is 20.8 Å². The molecule has 0 saturated carbocycles. The van der Waals surface area contributed by atoms with Crippen molar-refractivity contribution in [3.05, 3.63) is 35.1 Å². The Balaban J connectivity index is 2.68. The fourth-order valence-electron chi connectivity index (χ4n) is 1.34. The minimum atomic E-state index is -0.176. The Morgan fingerprint density at radius 2 is 1.94 bits per heavy atom. The molecule has 1 nitrogen and oxygen atoms in total. The molecule has 16 heavy (non-hydrogen) atoms. The Morgan fingerprint density at radius 3 is 2.50 bits per heavy atom. The summed E-state index contributed by atoms with van der Waals surface area (Å²) in [5.74, 6) is 1.30. The number of thioether (sulfide) groups is 1. The Hall–Kier alpha value is -0.540. The Bertz CT molecular complexity index is 339. The molecule has 2 N–H and O–H groups in total. The zero-order chi connectivity index (χ0) is 12.1. The summed E-state index contributed by atoms with van der Waals surface area (Å²) in [6.07, 6.45) is 0. The van der Waals surface area contributed by atoms with E-state index in [0.717, 1.165) is 16.9 Å². The summed E-state index contributed by atoms with van der Waals surface area (Å²) in [4.78, 5) is 0. The Morgan fingerprint density at radius 1 is 1.25 bits per heavy atom. The summed E-state index contributed by atoms with van der Waals surface area (Å²) in [7, 11) is 0. The molecule has 0 aromatic heterocycles. The lowest BCUT2D eigenvalue weighted by molar-refractivity contribution is 0.625. The van der Waals surface area contributed by atoms with Crippen LogP contribution in [-0.4, -0.2) is 5.25 Å². The predicted octanol–water partition coefficient (Wildman–Crippen LogP) is 3.56. The molecule has 3 heteroatoms. The van der Waals surface area contributed by atoms with Gasteiger partial charge in [-0.2, -0.15) is 11.8 Å². The molecule has 1 atom stereocenters. The highest BCUT2D eigenvalue weighted by molar-refractivity contribution is 7.99. The fraction of sp³-hybridized carbons (Fsp3) is 0.538. The number of halogens is 1. The molecular weight excluding hydrogens is 221 g/mol. The van der Waals surface area contributed by atoms with Gasteiger partial charge in [0.1, 0.15) is 5.82 Å². The third kappa shape index (κ3) is 3.80. The van der Waals surface area contributed by atoms with Crippen LogP contribution in [0.1, 0.15) is 31.9 Å². The zero-order valence-corrected chi connectivity index (χ0v) is 11.0. The average Bonchev–Trinajstić information content (AvgIpc) is 2.25. The second kappa shape index (κ2) is 6.26. The minimum Gasteiger partial charge on any atom is -0.326 e. The molecule has 1 aromatic rings. The van der Waals surface area contributed by atoms with Crippen LogP contribution in [0.2, 0.25) is 0 Å². The third-order valence-electron chi connectivity index (χ3n) is 2.83. The van der Waals surface area contributed by atoms with Crippen molar-refractivity contribution in [1.82, 2.24) is 0 Å². The summed E-state index contributed by atoms with van der Waals surface area (Å²) < 4.78 is 13.1.